The molecular formula is C30H17BrO4. The minimum atomic E-state index is -0.294. The summed E-state index contributed by atoms with van der Waals surface area (Å²) in [6, 6.07) is 28.6. The molecule has 0 amide bonds. The van der Waals surface area contributed by atoms with Gasteiger partial charge in [-0.1, -0.05) is 64.5 Å². The van der Waals surface area contributed by atoms with Crippen LogP contribution < -0.4 is 5.43 Å². The highest BCUT2D eigenvalue weighted by molar-refractivity contribution is 9.10. The van der Waals surface area contributed by atoms with E-state index in [1.807, 2.05) is 42.5 Å². The third kappa shape index (κ3) is 3.52. The molecule has 0 saturated carbocycles. The zero-order chi connectivity index (χ0) is 24.1. The lowest BCUT2D eigenvalue weighted by Gasteiger charge is -2.13. The van der Waals surface area contributed by atoms with Crippen molar-refractivity contribution in [2.75, 3.05) is 0 Å². The zero-order valence-corrected chi connectivity index (χ0v) is 19.9. The number of phenolic OH excluding ortho intramolecular Hbond substituents is 1. The molecule has 6 aromatic rings. The van der Waals surface area contributed by atoms with E-state index in [0.717, 1.165) is 21.0 Å². The number of benzene rings is 5. The number of rotatable bonds is 3. The van der Waals surface area contributed by atoms with E-state index in [1.165, 1.54) is 6.07 Å². The van der Waals surface area contributed by atoms with Gasteiger partial charge in [0.2, 0.25) is 5.43 Å². The lowest BCUT2D eigenvalue weighted by molar-refractivity contribution is 0.103. The molecule has 0 unspecified atom stereocenters. The number of halogens is 1. The minimum absolute atomic E-state index is 0.0728. The van der Waals surface area contributed by atoms with Gasteiger partial charge < -0.3 is 9.52 Å². The van der Waals surface area contributed by atoms with Crippen LogP contribution in [0.3, 0.4) is 0 Å². The van der Waals surface area contributed by atoms with Crippen LogP contribution in [-0.4, -0.2) is 10.9 Å². The quantitative estimate of drug-likeness (QED) is 0.149. The number of para-hydroxylation sites is 2. The van der Waals surface area contributed by atoms with Gasteiger partial charge in [-0.3, -0.25) is 9.59 Å². The second kappa shape index (κ2) is 8.22. The summed E-state index contributed by atoms with van der Waals surface area (Å²) in [5, 5.41) is 12.6. The first-order valence-electron chi connectivity index (χ1n) is 11.0. The number of carbonyl (C=O) groups is 1. The summed E-state index contributed by atoms with van der Waals surface area (Å²) in [5.41, 5.74) is 3.30. The monoisotopic (exact) mass is 520 g/mol. The minimum Gasteiger partial charge on any atom is -0.507 e. The Balaban J connectivity index is 1.70. The lowest BCUT2D eigenvalue weighted by atomic mass is 9.92. The van der Waals surface area contributed by atoms with E-state index in [9.17, 15) is 14.7 Å². The molecule has 0 spiro atoms. The van der Waals surface area contributed by atoms with Crippen LogP contribution >= 0.6 is 15.9 Å². The highest BCUT2D eigenvalue weighted by Gasteiger charge is 2.18. The van der Waals surface area contributed by atoms with Crippen LogP contribution in [0, 0.1) is 0 Å². The van der Waals surface area contributed by atoms with Gasteiger partial charge in [0, 0.05) is 10.0 Å². The second-order valence-electron chi connectivity index (χ2n) is 8.34. The molecular weight excluding hydrogens is 504 g/mol. The van der Waals surface area contributed by atoms with Gasteiger partial charge in [0.15, 0.2) is 5.78 Å². The van der Waals surface area contributed by atoms with E-state index < -0.39 is 0 Å². The molecule has 0 saturated heterocycles. The van der Waals surface area contributed by atoms with E-state index in [1.54, 1.807) is 48.5 Å². The molecule has 0 atom stereocenters. The van der Waals surface area contributed by atoms with Crippen LogP contribution in [0.5, 0.6) is 5.75 Å². The summed E-state index contributed by atoms with van der Waals surface area (Å²) in [6.45, 7) is 0. The van der Waals surface area contributed by atoms with Crippen LogP contribution in [0.1, 0.15) is 15.9 Å². The SMILES string of the molecule is O=C(c1ccc2c(c1)c(-c1ccc(Br)cc1)cc1oc3ccccc3c(=O)c12)c1ccccc1O. The molecule has 0 bridgehead atoms. The molecule has 35 heavy (non-hydrogen) atoms. The summed E-state index contributed by atoms with van der Waals surface area (Å²) >= 11 is 3.48. The first-order valence-corrected chi connectivity index (χ1v) is 11.8. The van der Waals surface area contributed by atoms with Crippen molar-refractivity contribution in [2.45, 2.75) is 0 Å². The highest BCUT2D eigenvalue weighted by atomic mass is 79.9. The van der Waals surface area contributed by atoms with Crippen molar-refractivity contribution in [3.8, 4) is 16.9 Å². The molecule has 168 valence electrons. The Morgan fingerprint density at radius 3 is 2.29 bits per heavy atom. The Labute approximate surface area is 208 Å². The molecule has 0 fully saturated rings. The fourth-order valence-corrected chi connectivity index (χ4v) is 4.80. The largest absolute Gasteiger partial charge is 0.507 e. The molecule has 1 heterocycles. The lowest BCUT2D eigenvalue weighted by Crippen LogP contribution is -2.05. The van der Waals surface area contributed by atoms with E-state index in [4.69, 9.17) is 4.42 Å². The van der Waals surface area contributed by atoms with Crippen LogP contribution in [0.2, 0.25) is 0 Å². The predicted molar refractivity (Wildman–Crippen MR) is 142 cm³/mol. The second-order valence-corrected chi connectivity index (χ2v) is 9.25. The molecule has 5 heteroatoms. The van der Waals surface area contributed by atoms with Crippen LogP contribution in [0.25, 0.3) is 43.8 Å². The topological polar surface area (TPSA) is 67.5 Å². The third-order valence-electron chi connectivity index (χ3n) is 6.25. The smallest absolute Gasteiger partial charge is 0.201 e. The van der Waals surface area contributed by atoms with Gasteiger partial charge in [-0.25, -0.2) is 0 Å². The number of ketones is 1. The van der Waals surface area contributed by atoms with Crippen molar-refractivity contribution in [3.05, 3.63) is 123 Å². The fourth-order valence-electron chi connectivity index (χ4n) is 4.54. The van der Waals surface area contributed by atoms with Crippen molar-refractivity contribution >= 4 is 54.4 Å². The van der Waals surface area contributed by atoms with Crippen molar-refractivity contribution in [2.24, 2.45) is 0 Å². The summed E-state index contributed by atoms with van der Waals surface area (Å²) < 4.78 is 7.12. The van der Waals surface area contributed by atoms with Gasteiger partial charge >= 0.3 is 0 Å². The molecule has 0 radical (unpaired) electrons. The summed E-state index contributed by atoms with van der Waals surface area (Å²) in [7, 11) is 0. The molecule has 1 aromatic heterocycles. The number of carbonyl (C=O) groups excluding carboxylic acids is 1. The van der Waals surface area contributed by atoms with E-state index >= 15 is 0 Å². The number of hydrogen-bond donors (Lipinski definition) is 1. The summed E-state index contributed by atoms with van der Waals surface area (Å²) in [6.07, 6.45) is 0. The molecule has 6 rings (SSSR count). The summed E-state index contributed by atoms with van der Waals surface area (Å²) in [5.74, 6) is -0.367. The molecule has 4 nitrogen and oxygen atoms in total. The van der Waals surface area contributed by atoms with E-state index in [0.29, 0.717) is 32.9 Å². The van der Waals surface area contributed by atoms with Crippen molar-refractivity contribution < 1.29 is 14.3 Å². The maximum absolute atomic E-state index is 13.5. The van der Waals surface area contributed by atoms with Gasteiger partial charge in [-0.15, -0.1) is 0 Å². The van der Waals surface area contributed by atoms with Crippen LogP contribution in [-0.2, 0) is 0 Å². The number of fused-ring (bicyclic) bond motifs is 4. The average Bonchev–Trinajstić information content (AvgIpc) is 2.88. The number of aromatic hydroxyl groups is 1. The molecule has 0 aliphatic heterocycles. The van der Waals surface area contributed by atoms with Gasteiger partial charge in [-0.2, -0.15) is 0 Å². The Kier molecular flexibility index (Phi) is 5.01. The number of hydrogen-bond acceptors (Lipinski definition) is 4. The molecule has 1 N–H and O–H groups in total. The van der Waals surface area contributed by atoms with E-state index in [2.05, 4.69) is 15.9 Å². The van der Waals surface area contributed by atoms with Crippen molar-refractivity contribution in [3.63, 3.8) is 0 Å². The first kappa shape index (κ1) is 21.3. The number of phenols is 1. The Morgan fingerprint density at radius 2 is 1.49 bits per heavy atom. The van der Waals surface area contributed by atoms with Crippen molar-refractivity contribution in [1.29, 1.82) is 0 Å². The Morgan fingerprint density at radius 1 is 0.743 bits per heavy atom. The average molecular weight is 521 g/mol. The predicted octanol–water partition coefficient (Wildman–Crippen LogP) is 7.47. The summed E-state index contributed by atoms with van der Waals surface area (Å²) in [4.78, 5) is 26.8. The first-order chi connectivity index (χ1) is 17.0. The molecule has 5 aromatic carbocycles. The van der Waals surface area contributed by atoms with Gasteiger partial charge in [0.1, 0.15) is 16.9 Å². The van der Waals surface area contributed by atoms with Gasteiger partial charge in [-0.05, 0) is 70.4 Å². The highest BCUT2D eigenvalue weighted by Crippen LogP contribution is 2.36. The maximum Gasteiger partial charge on any atom is 0.201 e. The van der Waals surface area contributed by atoms with Gasteiger partial charge in [0.25, 0.3) is 0 Å². The Hall–Kier alpha value is -4.22. The Bertz CT molecular complexity index is 1850. The molecule has 0 aliphatic carbocycles. The molecule has 0 aliphatic rings. The van der Waals surface area contributed by atoms with Gasteiger partial charge in [0.05, 0.1) is 16.3 Å². The zero-order valence-electron chi connectivity index (χ0n) is 18.3. The fraction of sp³-hybridized carbons (Fsp3) is 0. The third-order valence-corrected chi connectivity index (χ3v) is 6.77. The maximum atomic E-state index is 13.5. The standard InChI is InChI=1S/C30H17BrO4/c31-19-12-9-17(10-13-19)23-16-27-28(30(34)22-6-2-4-8-26(22)35-27)20-14-11-18(15-24(20)23)29(33)21-5-1-3-7-25(21)32/h1-16,32H. The van der Waals surface area contributed by atoms with Crippen LogP contribution in [0.15, 0.2) is 111 Å². The van der Waals surface area contributed by atoms with Crippen molar-refractivity contribution in [1.82, 2.24) is 0 Å². The van der Waals surface area contributed by atoms with E-state index in [-0.39, 0.29) is 22.5 Å². The normalized spacial score (nSPS) is 11.3. The van der Waals surface area contributed by atoms with Crippen LogP contribution in [0.4, 0.5) is 0 Å².